The summed E-state index contributed by atoms with van der Waals surface area (Å²) in [6.07, 6.45) is -0.202. The first kappa shape index (κ1) is 21.5. The van der Waals surface area contributed by atoms with Gasteiger partial charge in [0.15, 0.2) is 0 Å². The fourth-order valence-corrected chi connectivity index (χ4v) is 4.39. The lowest BCUT2D eigenvalue weighted by atomic mass is 10.1. The SMILES string of the molecule is Cc1cc(C)nc(N=C2NC(=O)C[C@@H](C(=O)O)N2c2ccccc2Sc2ccccc2)n1. The lowest BCUT2D eigenvalue weighted by Crippen LogP contribution is -2.59. The molecule has 3 aromatic rings. The van der Waals surface area contributed by atoms with Gasteiger partial charge < -0.3 is 5.11 Å². The Morgan fingerprint density at radius 3 is 2.44 bits per heavy atom. The molecule has 2 aromatic carbocycles. The van der Waals surface area contributed by atoms with Crippen molar-refractivity contribution in [3.8, 4) is 0 Å². The van der Waals surface area contributed by atoms with Crippen molar-refractivity contribution < 1.29 is 14.7 Å². The van der Waals surface area contributed by atoms with Crippen LogP contribution in [0.15, 0.2) is 75.4 Å². The number of aliphatic carboxylic acids is 1. The predicted molar refractivity (Wildman–Crippen MR) is 122 cm³/mol. The highest BCUT2D eigenvalue weighted by atomic mass is 32.2. The van der Waals surface area contributed by atoms with Gasteiger partial charge in [0.2, 0.25) is 11.9 Å². The minimum Gasteiger partial charge on any atom is -0.480 e. The second-order valence-electron chi connectivity index (χ2n) is 7.25. The number of benzene rings is 2. The van der Waals surface area contributed by atoms with E-state index in [1.807, 2.05) is 74.5 Å². The third-order valence-corrected chi connectivity index (χ3v) is 5.80. The molecule has 32 heavy (non-hydrogen) atoms. The first-order valence-corrected chi connectivity index (χ1v) is 10.8. The number of guanidine groups is 1. The van der Waals surface area contributed by atoms with Gasteiger partial charge in [0, 0.05) is 21.2 Å². The van der Waals surface area contributed by atoms with Gasteiger partial charge in [-0.3, -0.25) is 15.0 Å². The second kappa shape index (κ2) is 9.19. The van der Waals surface area contributed by atoms with Crippen molar-refractivity contribution in [3.63, 3.8) is 0 Å². The Balaban J connectivity index is 1.83. The van der Waals surface area contributed by atoms with Crippen LogP contribution in [0.1, 0.15) is 17.8 Å². The highest BCUT2D eigenvalue weighted by Crippen LogP contribution is 2.37. The highest BCUT2D eigenvalue weighted by molar-refractivity contribution is 7.99. The van der Waals surface area contributed by atoms with Gasteiger partial charge in [0.05, 0.1) is 12.1 Å². The van der Waals surface area contributed by atoms with Crippen LogP contribution in [0.5, 0.6) is 0 Å². The summed E-state index contributed by atoms with van der Waals surface area (Å²) >= 11 is 1.50. The number of anilines is 1. The number of carbonyl (C=O) groups is 2. The summed E-state index contributed by atoms with van der Waals surface area (Å²) in [5, 5.41) is 12.6. The first-order chi connectivity index (χ1) is 15.4. The topological polar surface area (TPSA) is 108 Å². The van der Waals surface area contributed by atoms with E-state index in [1.165, 1.54) is 16.7 Å². The monoisotopic (exact) mass is 447 g/mol. The van der Waals surface area contributed by atoms with Crippen molar-refractivity contribution in [1.29, 1.82) is 0 Å². The number of carboxylic acids is 1. The summed E-state index contributed by atoms with van der Waals surface area (Å²) in [7, 11) is 0. The molecule has 1 aliphatic rings. The van der Waals surface area contributed by atoms with Crippen LogP contribution in [0.2, 0.25) is 0 Å². The van der Waals surface area contributed by atoms with Crippen LogP contribution in [0.3, 0.4) is 0 Å². The van der Waals surface area contributed by atoms with E-state index in [4.69, 9.17) is 0 Å². The predicted octanol–water partition coefficient (Wildman–Crippen LogP) is 3.71. The second-order valence-corrected chi connectivity index (χ2v) is 8.36. The average Bonchev–Trinajstić information content (AvgIpc) is 2.74. The molecule has 2 N–H and O–H groups in total. The molecular formula is C23H21N5O3S. The third kappa shape index (κ3) is 4.78. The zero-order valence-corrected chi connectivity index (χ0v) is 18.3. The minimum absolute atomic E-state index is 0.0831. The van der Waals surface area contributed by atoms with Crippen LogP contribution in [0.25, 0.3) is 0 Å². The molecule has 1 fully saturated rings. The number of hydrogen-bond acceptors (Lipinski definition) is 6. The van der Waals surface area contributed by atoms with Crippen molar-refractivity contribution in [2.24, 2.45) is 4.99 Å². The maximum absolute atomic E-state index is 12.3. The maximum Gasteiger partial charge on any atom is 0.327 e. The lowest BCUT2D eigenvalue weighted by molar-refractivity contribution is -0.140. The van der Waals surface area contributed by atoms with E-state index >= 15 is 0 Å². The van der Waals surface area contributed by atoms with E-state index in [9.17, 15) is 14.7 Å². The Bertz CT molecular complexity index is 1180. The molecule has 9 heteroatoms. The average molecular weight is 448 g/mol. The number of hydrogen-bond donors (Lipinski definition) is 2. The van der Waals surface area contributed by atoms with Gasteiger partial charge in [-0.2, -0.15) is 4.99 Å². The standard InChI is InChI=1S/C23H21N5O3S/c1-14-12-15(2)25-22(24-14)27-23-26-20(29)13-18(21(30)31)28(23)17-10-6-7-11-19(17)32-16-8-4-3-5-9-16/h3-12,18H,13H2,1-2H3,(H,30,31)(H,24,25,26,27,29)/t18-/m0/s1. The number of amides is 1. The molecule has 0 saturated carbocycles. The third-order valence-electron chi connectivity index (χ3n) is 4.73. The molecule has 8 nitrogen and oxygen atoms in total. The number of nitrogens with one attached hydrogen (secondary N) is 1. The van der Waals surface area contributed by atoms with Gasteiger partial charge in [-0.05, 0) is 44.2 Å². The number of aryl methyl sites for hydroxylation is 2. The van der Waals surface area contributed by atoms with Crippen molar-refractivity contribution in [2.75, 3.05) is 4.90 Å². The zero-order valence-electron chi connectivity index (χ0n) is 17.5. The Morgan fingerprint density at radius 1 is 1.09 bits per heavy atom. The largest absolute Gasteiger partial charge is 0.480 e. The van der Waals surface area contributed by atoms with Gasteiger partial charge in [-0.1, -0.05) is 42.1 Å². The van der Waals surface area contributed by atoms with Crippen LogP contribution in [-0.4, -0.2) is 39.0 Å². The summed E-state index contributed by atoms with van der Waals surface area (Å²) in [4.78, 5) is 40.9. The van der Waals surface area contributed by atoms with Crippen molar-refractivity contribution >= 4 is 41.2 Å². The van der Waals surface area contributed by atoms with Crippen LogP contribution in [0.4, 0.5) is 11.6 Å². The Hall–Kier alpha value is -3.72. The van der Waals surface area contributed by atoms with Gasteiger partial charge >= 0.3 is 5.97 Å². The molecule has 1 aromatic heterocycles. The van der Waals surface area contributed by atoms with Gasteiger partial charge in [-0.15, -0.1) is 0 Å². The molecule has 162 valence electrons. The van der Waals surface area contributed by atoms with Crippen molar-refractivity contribution in [1.82, 2.24) is 15.3 Å². The molecular weight excluding hydrogens is 426 g/mol. The van der Waals surface area contributed by atoms with E-state index in [2.05, 4.69) is 20.3 Å². The summed E-state index contributed by atoms with van der Waals surface area (Å²) in [5.74, 6) is -1.31. The molecule has 0 aliphatic carbocycles. The van der Waals surface area contributed by atoms with E-state index in [0.717, 1.165) is 21.2 Å². The van der Waals surface area contributed by atoms with Gasteiger partial charge in [-0.25, -0.2) is 14.8 Å². The van der Waals surface area contributed by atoms with Crippen LogP contribution < -0.4 is 10.2 Å². The molecule has 1 atom stereocenters. The van der Waals surface area contributed by atoms with Crippen LogP contribution >= 0.6 is 11.8 Å². The van der Waals surface area contributed by atoms with E-state index < -0.39 is 17.9 Å². The number of carboxylic acid groups (broad SMARTS) is 1. The summed E-state index contributed by atoms with van der Waals surface area (Å²) in [6.45, 7) is 3.64. The molecule has 1 saturated heterocycles. The fraction of sp³-hybridized carbons (Fsp3) is 0.174. The van der Waals surface area contributed by atoms with Gasteiger partial charge in [0.1, 0.15) is 6.04 Å². The summed E-state index contributed by atoms with van der Waals surface area (Å²) in [5.41, 5.74) is 2.07. The molecule has 0 spiro atoms. The molecule has 2 heterocycles. The Labute approximate surface area is 189 Å². The van der Waals surface area contributed by atoms with Crippen molar-refractivity contribution in [3.05, 3.63) is 72.1 Å². The van der Waals surface area contributed by atoms with Gasteiger partial charge in [0.25, 0.3) is 5.95 Å². The Kier molecular flexibility index (Phi) is 6.18. The number of carbonyl (C=O) groups excluding carboxylic acids is 1. The lowest BCUT2D eigenvalue weighted by Gasteiger charge is -2.36. The molecule has 1 amide bonds. The number of aromatic nitrogens is 2. The number of nitrogens with zero attached hydrogens (tertiary/aromatic N) is 4. The fourth-order valence-electron chi connectivity index (χ4n) is 3.42. The smallest absolute Gasteiger partial charge is 0.327 e. The molecule has 0 bridgehead atoms. The molecule has 4 rings (SSSR count). The summed E-state index contributed by atoms with van der Waals surface area (Å²) < 4.78 is 0. The van der Waals surface area contributed by atoms with Crippen LogP contribution in [-0.2, 0) is 9.59 Å². The number of para-hydroxylation sites is 1. The maximum atomic E-state index is 12.3. The number of aliphatic imine (C=N–C) groups is 1. The van der Waals surface area contributed by atoms with E-state index in [1.54, 1.807) is 0 Å². The Morgan fingerprint density at radius 2 is 1.75 bits per heavy atom. The normalized spacial score (nSPS) is 17.3. The first-order valence-electron chi connectivity index (χ1n) is 9.95. The molecule has 0 unspecified atom stereocenters. The zero-order chi connectivity index (χ0) is 22.7. The quantitative estimate of drug-likeness (QED) is 0.614. The molecule has 0 radical (unpaired) electrons. The number of rotatable bonds is 5. The van der Waals surface area contributed by atoms with Crippen LogP contribution in [0, 0.1) is 13.8 Å². The highest BCUT2D eigenvalue weighted by Gasteiger charge is 2.38. The summed E-state index contributed by atoms with van der Waals surface area (Å²) in [6, 6.07) is 17.9. The van der Waals surface area contributed by atoms with Crippen molar-refractivity contribution in [2.45, 2.75) is 36.1 Å². The van der Waals surface area contributed by atoms with E-state index in [-0.39, 0.29) is 18.3 Å². The molecule has 1 aliphatic heterocycles. The minimum atomic E-state index is -1.12. The van der Waals surface area contributed by atoms with E-state index in [0.29, 0.717) is 5.69 Å².